The number of fused-ring (bicyclic) bond motifs is 1. The lowest BCUT2D eigenvalue weighted by Gasteiger charge is -2.51. The smallest absolute Gasteiger partial charge is 0.327 e. The Morgan fingerprint density at radius 1 is 1.09 bits per heavy atom. The summed E-state index contributed by atoms with van der Waals surface area (Å²) in [6, 6.07) is -0.464. The molecule has 5 rings (SSSR count). The average Bonchev–Trinajstić information content (AvgIpc) is 3.30. The number of sulfonamides is 1. The molecule has 6 atom stereocenters. The van der Waals surface area contributed by atoms with Crippen molar-refractivity contribution in [2.24, 2.45) is 5.92 Å². The summed E-state index contributed by atoms with van der Waals surface area (Å²) in [6.45, 7) is 8.54. The molecule has 11 heteroatoms. The number of hydrogen-bond donors (Lipinski definition) is 2. The monoisotopic (exact) mass is 498 g/mol. The van der Waals surface area contributed by atoms with E-state index >= 15 is 0 Å². The van der Waals surface area contributed by atoms with E-state index in [1.807, 2.05) is 27.7 Å². The molecule has 0 spiro atoms. The van der Waals surface area contributed by atoms with Crippen molar-refractivity contribution in [2.75, 3.05) is 13.1 Å². The third kappa shape index (κ3) is 4.74. The molecule has 0 aromatic carbocycles. The molecule has 3 heterocycles. The first-order chi connectivity index (χ1) is 15.9. The maximum Gasteiger partial charge on any atom is 0.327 e. The topological polar surface area (TPSA) is 117 Å². The van der Waals surface area contributed by atoms with Crippen molar-refractivity contribution in [1.82, 2.24) is 20.0 Å². The zero-order chi connectivity index (χ0) is 24.5. The van der Waals surface area contributed by atoms with Gasteiger partial charge in [-0.3, -0.25) is 14.5 Å². The minimum absolute atomic E-state index is 0.0722. The van der Waals surface area contributed by atoms with Crippen LogP contribution in [0, 0.1) is 5.92 Å². The average molecular weight is 499 g/mol. The molecule has 5 aliphatic rings. The maximum atomic E-state index is 13.6. The second-order valence-electron chi connectivity index (χ2n) is 11.9. The number of ether oxygens (including phenoxy) is 1. The third-order valence-electron chi connectivity index (χ3n) is 8.10. The van der Waals surface area contributed by atoms with Crippen LogP contribution in [-0.2, 0) is 24.4 Å². The van der Waals surface area contributed by atoms with Crippen LogP contribution in [0.4, 0.5) is 4.79 Å². The van der Waals surface area contributed by atoms with E-state index < -0.39 is 21.2 Å². The lowest BCUT2D eigenvalue weighted by atomic mass is 9.80. The summed E-state index contributed by atoms with van der Waals surface area (Å²) in [5.74, 6) is -0.818. The molecule has 0 aromatic rings. The zero-order valence-electron chi connectivity index (χ0n) is 20.6. The Balaban J connectivity index is 1.35. The second kappa shape index (κ2) is 8.40. The van der Waals surface area contributed by atoms with Crippen LogP contribution >= 0.6 is 0 Å². The minimum Gasteiger partial charge on any atom is -0.370 e. The minimum atomic E-state index is -3.55. The number of nitrogens with zero attached hydrogens (tertiary/aromatic N) is 2. The van der Waals surface area contributed by atoms with Gasteiger partial charge in [-0.1, -0.05) is 0 Å². The Morgan fingerprint density at radius 2 is 1.79 bits per heavy atom. The number of nitrogens with one attached hydrogen (secondary N) is 2. The Bertz CT molecular complexity index is 943. The molecule has 6 unspecified atom stereocenters. The number of hydrogen-bond acceptors (Lipinski definition) is 7. The highest BCUT2D eigenvalue weighted by Crippen LogP contribution is 2.41. The Morgan fingerprint density at radius 3 is 2.38 bits per heavy atom. The molecule has 192 valence electrons. The summed E-state index contributed by atoms with van der Waals surface area (Å²) >= 11 is 0. The number of carbonyl (C=O) groups is 2. The Hall–Kier alpha value is -1.27. The van der Waals surface area contributed by atoms with E-state index in [4.69, 9.17) is 9.57 Å². The first-order valence-electron chi connectivity index (χ1n) is 12.6. The Kier molecular flexibility index (Phi) is 6.03. The molecule has 0 bridgehead atoms. The predicted octanol–water partition coefficient (Wildman–Crippen LogP) is 1.51. The van der Waals surface area contributed by atoms with E-state index in [1.54, 1.807) is 4.90 Å². The molecule has 2 N–H and O–H groups in total. The molecule has 5 fully saturated rings. The van der Waals surface area contributed by atoms with Gasteiger partial charge >= 0.3 is 6.03 Å². The molecular weight excluding hydrogens is 460 g/mol. The summed E-state index contributed by atoms with van der Waals surface area (Å²) < 4.78 is 35.0. The normalized spacial score (nSPS) is 39.1. The van der Waals surface area contributed by atoms with Crippen molar-refractivity contribution in [3.8, 4) is 0 Å². The summed E-state index contributed by atoms with van der Waals surface area (Å²) in [6.07, 6.45) is 4.03. The summed E-state index contributed by atoms with van der Waals surface area (Å²) in [5, 5.41) is -0.629. The fourth-order valence-electron chi connectivity index (χ4n) is 6.05. The van der Waals surface area contributed by atoms with Crippen molar-refractivity contribution in [3.05, 3.63) is 0 Å². The molecule has 0 aromatic heterocycles. The highest BCUT2D eigenvalue weighted by atomic mass is 32.2. The quantitative estimate of drug-likeness (QED) is 0.546. The molecule has 3 saturated heterocycles. The maximum absolute atomic E-state index is 13.6. The SMILES string of the molecule is CC1CC(CN2C(=O)C3CC(S(=O)(=O)NC4(C)CC4)CCC3N(CC3CC(C)(C)O3)C2=O)ON1. The molecule has 2 aliphatic carbocycles. The van der Waals surface area contributed by atoms with Gasteiger partial charge in [0.1, 0.15) is 0 Å². The number of rotatable bonds is 7. The van der Waals surface area contributed by atoms with E-state index in [-0.39, 0.29) is 60.3 Å². The first-order valence-corrected chi connectivity index (χ1v) is 14.1. The van der Waals surface area contributed by atoms with Crippen LogP contribution in [0.5, 0.6) is 0 Å². The molecule has 0 radical (unpaired) electrons. The van der Waals surface area contributed by atoms with Crippen LogP contribution < -0.4 is 10.2 Å². The molecular formula is C23H38N4O6S. The highest BCUT2D eigenvalue weighted by molar-refractivity contribution is 7.90. The van der Waals surface area contributed by atoms with Gasteiger partial charge in [0.25, 0.3) is 0 Å². The lowest BCUT2D eigenvalue weighted by molar-refractivity contribution is -0.193. The summed E-state index contributed by atoms with van der Waals surface area (Å²) in [5.41, 5.74) is 2.35. The number of amides is 3. The van der Waals surface area contributed by atoms with Gasteiger partial charge in [-0.2, -0.15) is 5.48 Å². The van der Waals surface area contributed by atoms with Crippen molar-refractivity contribution in [2.45, 2.75) is 113 Å². The van der Waals surface area contributed by atoms with Gasteiger partial charge in [-0.05, 0) is 66.2 Å². The number of imide groups is 1. The van der Waals surface area contributed by atoms with Crippen LogP contribution in [0.3, 0.4) is 0 Å². The fraction of sp³-hybridized carbons (Fsp3) is 0.913. The van der Waals surface area contributed by atoms with Gasteiger partial charge in [0.05, 0.1) is 35.5 Å². The van der Waals surface area contributed by atoms with Crippen molar-refractivity contribution < 1.29 is 27.6 Å². The second-order valence-corrected chi connectivity index (χ2v) is 13.9. The fourth-order valence-corrected chi connectivity index (χ4v) is 8.02. The van der Waals surface area contributed by atoms with Gasteiger partial charge in [-0.15, -0.1) is 0 Å². The van der Waals surface area contributed by atoms with Crippen molar-refractivity contribution in [3.63, 3.8) is 0 Å². The van der Waals surface area contributed by atoms with Crippen LogP contribution in [0.15, 0.2) is 0 Å². The van der Waals surface area contributed by atoms with E-state index in [2.05, 4.69) is 10.2 Å². The Labute approximate surface area is 202 Å². The number of hydroxylamine groups is 1. The van der Waals surface area contributed by atoms with Crippen LogP contribution in [0.2, 0.25) is 0 Å². The molecule has 3 amide bonds. The van der Waals surface area contributed by atoms with Gasteiger partial charge in [0.15, 0.2) is 0 Å². The van der Waals surface area contributed by atoms with Gasteiger partial charge < -0.3 is 9.64 Å². The van der Waals surface area contributed by atoms with Crippen LogP contribution in [0.25, 0.3) is 0 Å². The number of urea groups is 1. The lowest BCUT2D eigenvalue weighted by Crippen LogP contribution is -2.67. The van der Waals surface area contributed by atoms with Gasteiger partial charge in [-0.25, -0.2) is 17.9 Å². The van der Waals surface area contributed by atoms with Gasteiger partial charge in [0, 0.05) is 30.6 Å². The van der Waals surface area contributed by atoms with Crippen LogP contribution in [0.1, 0.15) is 72.6 Å². The van der Waals surface area contributed by atoms with Gasteiger partial charge in [0.2, 0.25) is 15.9 Å². The standard InChI is InChI=1S/C23H38N4O6S/c1-14-9-15(33-24-14)12-27-20(28)18-10-17(34(30,31)25-23(4)7-8-23)5-6-19(18)26(21(27)29)13-16-11-22(2,3)32-16/h14-19,24-25H,5-13H2,1-4H3. The highest BCUT2D eigenvalue weighted by Gasteiger charge is 2.53. The van der Waals surface area contributed by atoms with E-state index in [0.29, 0.717) is 25.8 Å². The summed E-state index contributed by atoms with van der Waals surface area (Å²) in [7, 11) is -3.55. The zero-order valence-corrected chi connectivity index (χ0v) is 21.4. The molecule has 10 nitrogen and oxygen atoms in total. The van der Waals surface area contributed by atoms with Crippen molar-refractivity contribution in [1.29, 1.82) is 0 Å². The van der Waals surface area contributed by atoms with E-state index in [1.165, 1.54) is 4.90 Å². The van der Waals surface area contributed by atoms with E-state index in [0.717, 1.165) is 19.3 Å². The van der Waals surface area contributed by atoms with Crippen LogP contribution in [-0.4, -0.2) is 83.9 Å². The predicted molar refractivity (Wildman–Crippen MR) is 124 cm³/mol. The number of carbonyl (C=O) groups excluding carboxylic acids is 2. The van der Waals surface area contributed by atoms with E-state index in [9.17, 15) is 18.0 Å². The third-order valence-corrected chi connectivity index (χ3v) is 10.2. The molecule has 34 heavy (non-hydrogen) atoms. The van der Waals surface area contributed by atoms with Crippen molar-refractivity contribution >= 4 is 22.0 Å². The summed E-state index contributed by atoms with van der Waals surface area (Å²) in [4.78, 5) is 35.8. The molecule has 2 saturated carbocycles. The largest absolute Gasteiger partial charge is 0.370 e. The molecule has 3 aliphatic heterocycles. The first kappa shape index (κ1) is 24.4.